The molecule has 0 N–H and O–H groups in total. The van der Waals surface area contributed by atoms with Gasteiger partial charge in [0, 0.05) is 0 Å². The van der Waals surface area contributed by atoms with Gasteiger partial charge >= 0.3 is 18.6 Å². The van der Waals surface area contributed by atoms with Gasteiger partial charge in [-0.25, -0.2) is 24.3 Å². The molecule has 0 unspecified atom stereocenters. The molecule has 0 saturated carbocycles. The minimum Gasteiger partial charge on any atom is -0.373 e. The monoisotopic (exact) mass is 265 g/mol. The van der Waals surface area contributed by atoms with E-state index < -0.39 is 0 Å². The van der Waals surface area contributed by atoms with Crippen LogP contribution >= 0.6 is 0 Å². The van der Waals surface area contributed by atoms with Crippen molar-refractivity contribution in [2.24, 2.45) is 0 Å². The van der Waals surface area contributed by atoms with Crippen molar-refractivity contribution in [3.8, 4) is 0 Å². The molecule has 2 rings (SSSR count). The number of rotatable bonds is 0. The first-order chi connectivity index (χ1) is 7.83. The molecule has 1 radical (unpaired) electrons. The van der Waals surface area contributed by atoms with E-state index in [0.29, 0.717) is 0 Å². The average molecular weight is 265 g/mol. The Balaban J connectivity index is -0.000000157. The second-order valence-electron chi connectivity index (χ2n) is 2.10. The maximum Gasteiger partial charge on any atom is 4.00 e. The fraction of sp³-hybridized carbons (Fsp3) is 0. The zero-order chi connectivity index (χ0) is 12.5. The molecule has 0 spiro atoms. The Kier molecular flexibility index (Phi) is 28.2. The van der Waals surface area contributed by atoms with Gasteiger partial charge in [0.25, 0.3) is 0 Å². The third-order valence-electron chi connectivity index (χ3n) is 1.11. The molecule has 2 aromatic carbocycles. The summed E-state index contributed by atoms with van der Waals surface area (Å²) >= 11 is 0. The van der Waals surface area contributed by atoms with Gasteiger partial charge in [0.05, 0.1) is 0 Å². The van der Waals surface area contributed by atoms with Gasteiger partial charge in [0.15, 0.2) is 0 Å². The van der Waals surface area contributed by atoms with Gasteiger partial charge in [-0.05, 0) is 0 Å². The van der Waals surface area contributed by atoms with Crippen molar-refractivity contribution >= 4 is 0 Å². The first-order valence-corrected chi connectivity index (χ1v) is 4.13. The largest absolute Gasteiger partial charge is 4.00 e. The van der Waals surface area contributed by atoms with Crippen LogP contribution < -0.4 is 0 Å². The second-order valence-corrected chi connectivity index (χ2v) is 2.10. The van der Waals surface area contributed by atoms with E-state index >= 15 is 0 Å². The fourth-order valence-electron chi connectivity index (χ4n) is 0.642. The van der Waals surface area contributed by atoms with E-state index in [9.17, 15) is 0 Å². The maximum absolute atomic E-state index is 6.75. The van der Waals surface area contributed by atoms with Gasteiger partial charge < -0.3 is 22.1 Å². The Morgan fingerprint density at radius 1 is 0.588 bits per heavy atom. The first kappa shape index (κ1) is 20.3. The van der Waals surface area contributed by atoms with Crippen molar-refractivity contribution in [2.45, 2.75) is 0 Å². The minimum atomic E-state index is 0. The van der Waals surface area contributed by atoms with Crippen LogP contribution in [-0.4, -0.2) is 0 Å². The van der Waals surface area contributed by atoms with Crippen molar-refractivity contribution in [1.82, 2.24) is 0 Å². The summed E-state index contributed by atoms with van der Waals surface area (Å²) in [6.07, 6.45) is 0. The molecule has 6 nitrogen and oxygen atoms in total. The predicted octanol–water partition coefficient (Wildman–Crippen LogP) is 4.54. The zero-order valence-electron chi connectivity index (χ0n) is 8.90. The first-order valence-electron chi connectivity index (χ1n) is 4.13. The van der Waals surface area contributed by atoms with Crippen LogP contribution in [0.1, 0.15) is 0 Å². The standard InChI is InChI=1S/2C5H5.2N3.V/c2*1-2-4-5-3-1;2*1-3-2;/h2*1-5H;;;/q4*-1;+4. The zero-order valence-corrected chi connectivity index (χ0v) is 10.3. The summed E-state index contributed by atoms with van der Waals surface area (Å²) in [6, 6.07) is 20.0. The molecule has 2 aromatic rings. The summed E-state index contributed by atoms with van der Waals surface area (Å²) < 4.78 is 0. The van der Waals surface area contributed by atoms with Gasteiger partial charge in [0.2, 0.25) is 0 Å². The molecule has 0 aliphatic carbocycles. The van der Waals surface area contributed by atoms with Crippen molar-refractivity contribution in [3.63, 3.8) is 0 Å². The van der Waals surface area contributed by atoms with Crippen LogP contribution in [0.2, 0.25) is 0 Å². The summed E-state index contributed by atoms with van der Waals surface area (Å²) in [7, 11) is 0. The van der Waals surface area contributed by atoms with E-state index in [2.05, 4.69) is 0 Å². The van der Waals surface area contributed by atoms with Crippen LogP contribution in [0.25, 0.3) is 31.9 Å². The van der Waals surface area contributed by atoms with Gasteiger partial charge in [0.1, 0.15) is 0 Å². The van der Waals surface area contributed by atoms with Crippen LogP contribution in [0.3, 0.4) is 0 Å². The summed E-state index contributed by atoms with van der Waals surface area (Å²) in [5, 5.41) is 0. The molecule has 0 heterocycles. The average Bonchev–Trinajstić information content (AvgIpc) is 3.00. The molecule has 0 aliphatic heterocycles. The van der Waals surface area contributed by atoms with Crippen molar-refractivity contribution in [3.05, 3.63) is 92.6 Å². The predicted molar refractivity (Wildman–Crippen MR) is 64.2 cm³/mol. The van der Waals surface area contributed by atoms with Crippen molar-refractivity contribution in [1.29, 1.82) is 0 Å². The Morgan fingerprint density at radius 2 is 0.765 bits per heavy atom. The van der Waals surface area contributed by atoms with Gasteiger partial charge in [-0.2, -0.15) is 36.4 Å². The van der Waals surface area contributed by atoms with Gasteiger partial charge in [-0.15, -0.1) is 0 Å². The van der Waals surface area contributed by atoms with Crippen molar-refractivity contribution < 1.29 is 18.6 Å². The Labute approximate surface area is 111 Å². The normalized spacial score (nSPS) is 5.65. The molecule has 7 heteroatoms. The van der Waals surface area contributed by atoms with E-state index in [-0.39, 0.29) is 18.6 Å². The van der Waals surface area contributed by atoms with E-state index in [1.54, 1.807) is 0 Å². The Bertz CT molecular complexity index is 283. The summed E-state index contributed by atoms with van der Waals surface area (Å²) in [5.41, 5.74) is 27.0. The van der Waals surface area contributed by atoms with Gasteiger partial charge in [-0.3, -0.25) is 9.82 Å². The molecule has 17 heavy (non-hydrogen) atoms. The number of hydrogen-bond acceptors (Lipinski definition) is 0. The quantitative estimate of drug-likeness (QED) is 0.287. The molecule has 0 bridgehead atoms. The molecule has 0 fully saturated rings. The fourth-order valence-corrected chi connectivity index (χ4v) is 0.642. The van der Waals surface area contributed by atoms with E-state index in [4.69, 9.17) is 22.1 Å². The second kappa shape index (κ2) is 23.6. The molecule has 85 valence electrons. The molecule has 0 aromatic heterocycles. The van der Waals surface area contributed by atoms with Crippen LogP contribution in [0.15, 0.2) is 60.7 Å². The number of nitrogens with zero attached hydrogens (tertiary/aromatic N) is 6. The molecule has 0 atom stereocenters. The Morgan fingerprint density at radius 3 is 0.824 bits per heavy atom. The molecular weight excluding hydrogens is 255 g/mol. The van der Waals surface area contributed by atoms with E-state index in [1.165, 1.54) is 9.82 Å². The van der Waals surface area contributed by atoms with Crippen LogP contribution in [-0.2, 0) is 18.6 Å². The molecular formula is C10H10N6V. The third-order valence-corrected chi connectivity index (χ3v) is 1.11. The molecule has 0 amide bonds. The Hall–Kier alpha value is -2.10. The van der Waals surface area contributed by atoms with Crippen molar-refractivity contribution in [2.75, 3.05) is 0 Å². The van der Waals surface area contributed by atoms with Gasteiger partial charge in [-0.1, -0.05) is 0 Å². The summed E-state index contributed by atoms with van der Waals surface area (Å²) in [6.45, 7) is 0. The van der Waals surface area contributed by atoms with Crippen LogP contribution in [0, 0.1) is 0 Å². The smallest absolute Gasteiger partial charge is 0.373 e. The van der Waals surface area contributed by atoms with Crippen LogP contribution in [0.4, 0.5) is 0 Å². The number of hydrogen-bond donors (Lipinski definition) is 0. The maximum atomic E-state index is 6.75. The topological polar surface area (TPSA) is 117 Å². The molecule has 0 saturated heterocycles. The summed E-state index contributed by atoms with van der Waals surface area (Å²) in [5.74, 6) is 0. The minimum absolute atomic E-state index is 0. The van der Waals surface area contributed by atoms with E-state index in [1.807, 2.05) is 60.7 Å². The van der Waals surface area contributed by atoms with E-state index in [0.717, 1.165) is 0 Å². The third kappa shape index (κ3) is 31.5. The summed E-state index contributed by atoms with van der Waals surface area (Å²) in [4.78, 5) is 3.00. The SMILES string of the molecule is [N-]=[N+]=[N-].[N-]=[N+]=[N-].[V+4].c1cc[cH-]c1.c1cc[cH-]c1. The van der Waals surface area contributed by atoms with Crippen LogP contribution in [0.5, 0.6) is 0 Å². The molecule has 0 aliphatic rings.